The molecule has 7 heteroatoms. The Labute approximate surface area is 140 Å². The van der Waals surface area contributed by atoms with Crippen molar-refractivity contribution in [1.29, 1.82) is 0 Å². The predicted octanol–water partition coefficient (Wildman–Crippen LogP) is 2.71. The van der Waals surface area contributed by atoms with Crippen LogP contribution in [0.25, 0.3) is 0 Å². The highest BCUT2D eigenvalue weighted by atomic mass is 35.5. The van der Waals surface area contributed by atoms with Gasteiger partial charge in [-0.05, 0) is 32.2 Å². The Morgan fingerprint density at radius 2 is 2.22 bits per heavy atom. The number of ether oxygens (including phenoxy) is 2. The molecule has 1 fully saturated rings. The maximum absolute atomic E-state index is 6.05. The van der Waals surface area contributed by atoms with E-state index in [4.69, 9.17) is 25.6 Å². The van der Waals surface area contributed by atoms with Gasteiger partial charge in [0.15, 0.2) is 5.82 Å². The van der Waals surface area contributed by atoms with Gasteiger partial charge in [-0.25, -0.2) is 0 Å². The zero-order valence-electron chi connectivity index (χ0n) is 13.5. The fraction of sp³-hybridized carbons (Fsp3) is 0.500. The van der Waals surface area contributed by atoms with Crippen LogP contribution in [-0.2, 0) is 11.2 Å². The first-order valence-electron chi connectivity index (χ1n) is 7.54. The second-order valence-corrected chi connectivity index (χ2v) is 6.27. The molecule has 2 aromatic rings. The number of nitrogens with zero attached hydrogens (tertiary/aromatic N) is 3. The molecular formula is C16H20ClN3O3. The van der Waals surface area contributed by atoms with Gasteiger partial charge in [0.2, 0.25) is 0 Å². The molecule has 1 aromatic carbocycles. The van der Waals surface area contributed by atoms with Crippen LogP contribution in [0.15, 0.2) is 22.7 Å². The van der Waals surface area contributed by atoms with E-state index in [2.05, 4.69) is 22.1 Å². The van der Waals surface area contributed by atoms with Crippen molar-refractivity contribution in [2.24, 2.45) is 0 Å². The highest BCUT2D eigenvalue weighted by Crippen LogP contribution is 2.26. The molecule has 0 N–H and O–H groups in total. The molecule has 0 amide bonds. The lowest BCUT2D eigenvalue weighted by molar-refractivity contribution is -0.0838. The standard InChI is InChI=1S/C16H20ClN3O3/c1-10-8-20(2)9-14(22-10)16-18-15(19-23-16)7-11-6-12(17)4-5-13(11)21-3/h4-6,10,14H,7-9H2,1-3H3/t10-,14-/m1/s1. The summed E-state index contributed by atoms with van der Waals surface area (Å²) in [6.07, 6.45) is 0.444. The van der Waals surface area contributed by atoms with Gasteiger partial charge in [0, 0.05) is 30.1 Å². The van der Waals surface area contributed by atoms with Crippen molar-refractivity contribution in [2.45, 2.75) is 25.6 Å². The molecule has 0 bridgehead atoms. The monoisotopic (exact) mass is 337 g/mol. The number of likely N-dealkylation sites (N-methyl/N-ethyl adjacent to an activating group) is 1. The van der Waals surface area contributed by atoms with E-state index in [-0.39, 0.29) is 12.2 Å². The summed E-state index contributed by atoms with van der Waals surface area (Å²) >= 11 is 6.05. The number of morpholine rings is 1. The highest BCUT2D eigenvalue weighted by Gasteiger charge is 2.28. The lowest BCUT2D eigenvalue weighted by Gasteiger charge is -2.32. The van der Waals surface area contributed by atoms with Gasteiger partial charge in [-0.15, -0.1) is 0 Å². The van der Waals surface area contributed by atoms with Crippen molar-refractivity contribution < 1.29 is 14.0 Å². The lowest BCUT2D eigenvalue weighted by atomic mass is 10.1. The molecule has 23 heavy (non-hydrogen) atoms. The fourth-order valence-corrected chi connectivity index (χ4v) is 3.02. The van der Waals surface area contributed by atoms with E-state index in [0.717, 1.165) is 24.4 Å². The second kappa shape index (κ2) is 6.86. The van der Waals surface area contributed by atoms with Crippen molar-refractivity contribution in [3.05, 3.63) is 40.5 Å². The van der Waals surface area contributed by atoms with Gasteiger partial charge in [-0.2, -0.15) is 4.98 Å². The van der Waals surface area contributed by atoms with Crippen LogP contribution in [0.3, 0.4) is 0 Å². The molecule has 2 heterocycles. The van der Waals surface area contributed by atoms with Crippen LogP contribution >= 0.6 is 11.6 Å². The van der Waals surface area contributed by atoms with Gasteiger partial charge in [0.1, 0.15) is 11.9 Å². The van der Waals surface area contributed by atoms with Crippen LogP contribution in [0.2, 0.25) is 5.02 Å². The number of hydrogen-bond donors (Lipinski definition) is 0. The largest absolute Gasteiger partial charge is 0.496 e. The minimum atomic E-state index is -0.189. The molecule has 1 aliphatic rings. The number of benzene rings is 1. The van der Waals surface area contributed by atoms with Crippen molar-refractivity contribution in [1.82, 2.24) is 15.0 Å². The number of halogens is 1. The fourth-order valence-electron chi connectivity index (χ4n) is 2.83. The van der Waals surface area contributed by atoms with E-state index < -0.39 is 0 Å². The van der Waals surface area contributed by atoms with Gasteiger partial charge >= 0.3 is 0 Å². The maximum Gasteiger partial charge on any atom is 0.257 e. The summed E-state index contributed by atoms with van der Waals surface area (Å²) in [5.74, 6) is 1.85. The first kappa shape index (κ1) is 16.2. The minimum absolute atomic E-state index is 0.141. The molecular weight excluding hydrogens is 318 g/mol. The molecule has 0 unspecified atom stereocenters. The zero-order chi connectivity index (χ0) is 16.4. The maximum atomic E-state index is 6.05. The number of hydrogen-bond acceptors (Lipinski definition) is 6. The Bertz CT molecular complexity index is 666. The van der Waals surface area contributed by atoms with Gasteiger partial charge < -0.3 is 18.9 Å². The Balaban J connectivity index is 1.76. The molecule has 0 radical (unpaired) electrons. The normalized spacial score (nSPS) is 22.3. The quantitative estimate of drug-likeness (QED) is 0.855. The lowest BCUT2D eigenvalue weighted by Crippen LogP contribution is -2.40. The first-order valence-corrected chi connectivity index (χ1v) is 7.92. The van der Waals surface area contributed by atoms with E-state index >= 15 is 0 Å². The van der Waals surface area contributed by atoms with Gasteiger partial charge in [0.25, 0.3) is 5.89 Å². The number of aromatic nitrogens is 2. The topological polar surface area (TPSA) is 60.6 Å². The van der Waals surface area contributed by atoms with Crippen LogP contribution in [0, 0.1) is 0 Å². The Morgan fingerprint density at radius 1 is 1.39 bits per heavy atom. The van der Waals surface area contributed by atoms with Crippen molar-refractivity contribution in [3.8, 4) is 5.75 Å². The third kappa shape index (κ3) is 3.83. The van der Waals surface area contributed by atoms with E-state index in [1.807, 2.05) is 19.1 Å². The van der Waals surface area contributed by atoms with E-state index in [9.17, 15) is 0 Å². The Hall–Kier alpha value is -1.63. The van der Waals surface area contributed by atoms with Gasteiger partial charge in [0.05, 0.1) is 13.2 Å². The summed E-state index contributed by atoms with van der Waals surface area (Å²) < 4.78 is 16.6. The minimum Gasteiger partial charge on any atom is -0.496 e. The summed E-state index contributed by atoms with van der Waals surface area (Å²) in [5.41, 5.74) is 0.919. The van der Waals surface area contributed by atoms with E-state index in [0.29, 0.717) is 23.2 Å². The summed E-state index contributed by atoms with van der Waals surface area (Å²) in [6, 6.07) is 5.47. The number of methoxy groups -OCH3 is 1. The average molecular weight is 338 g/mol. The SMILES string of the molecule is COc1ccc(Cl)cc1Cc1noc([C@H]2CN(C)C[C@@H](C)O2)n1. The third-order valence-corrected chi connectivity index (χ3v) is 4.03. The molecule has 2 atom stereocenters. The van der Waals surface area contributed by atoms with Crippen LogP contribution in [-0.4, -0.2) is 48.4 Å². The van der Waals surface area contributed by atoms with E-state index in [1.54, 1.807) is 13.2 Å². The second-order valence-electron chi connectivity index (χ2n) is 5.84. The molecule has 0 aliphatic carbocycles. The van der Waals surface area contributed by atoms with Gasteiger partial charge in [-0.3, -0.25) is 0 Å². The van der Waals surface area contributed by atoms with Crippen molar-refractivity contribution in [2.75, 3.05) is 27.2 Å². The highest BCUT2D eigenvalue weighted by molar-refractivity contribution is 6.30. The molecule has 1 saturated heterocycles. The van der Waals surface area contributed by atoms with Crippen LogP contribution in [0.1, 0.15) is 30.3 Å². The smallest absolute Gasteiger partial charge is 0.257 e. The molecule has 1 aromatic heterocycles. The zero-order valence-corrected chi connectivity index (χ0v) is 14.2. The summed E-state index contributed by atoms with van der Waals surface area (Å²) in [6.45, 7) is 3.68. The van der Waals surface area contributed by atoms with Crippen molar-refractivity contribution >= 4 is 11.6 Å². The molecule has 3 rings (SSSR count). The van der Waals surface area contributed by atoms with Crippen LogP contribution in [0.5, 0.6) is 5.75 Å². The molecule has 0 saturated carbocycles. The molecule has 6 nitrogen and oxygen atoms in total. The average Bonchev–Trinajstić information content (AvgIpc) is 2.95. The van der Waals surface area contributed by atoms with Gasteiger partial charge in [-0.1, -0.05) is 16.8 Å². The Morgan fingerprint density at radius 3 is 2.96 bits per heavy atom. The Kier molecular flexibility index (Phi) is 4.84. The van der Waals surface area contributed by atoms with Crippen LogP contribution < -0.4 is 4.74 Å². The predicted molar refractivity (Wildman–Crippen MR) is 85.9 cm³/mol. The molecule has 1 aliphatic heterocycles. The summed E-state index contributed by atoms with van der Waals surface area (Å²) in [4.78, 5) is 6.67. The first-order chi connectivity index (χ1) is 11.0. The molecule has 0 spiro atoms. The molecule has 124 valence electrons. The third-order valence-electron chi connectivity index (χ3n) is 3.79. The number of rotatable bonds is 4. The van der Waals surface area contributed by atoms with Crippen LogP contribution in [0.4, 0.5) is 0 Å². The van der Waals surface area contributed by atoms with Crippen molar-refractivity contribution in [3.63, 3.8) is 0 Å². The summed E-state index contributed by atoms with van der Waals surface area (Å²) in [7, 11) is 3.68. The summed E-state index contributed by atoms with van der Waals surface area (Å²) in [5, 5.41) is 4.71. The van der Waals surface area contributed by atoms with E-state index in [1.165, 1.54) is 0 Å².